The number of para-hydroxylation sites is 2. The summed E-state index contributed by atoms with van der Waals surface area (Å²) in [6, 6.07) is 23.4. The Balaban J connectivity index is 1.55. The van der Waals surface area contributed by atoms with E-state index in [2.05, 4.69) is 15.5 Å². The highest BCUT2D eigenvalue weighted by molar-refractivity contribution is 5.93. The second kappa shape index (κ2) is 6.91. The van der Waals surface area contributed by atoms with Crippen molar-refractivity contribution in [1.82, 2.24) is 14.8 Å². The normalized spacial score (nSPS) is 11.2. The molecular formula is C23H18N4O2. The van der Waals surface area contributed by atoms with Crippen LogP contribution in [-0.2, 0) is 6.54 Å². The molecule has 3 aromatic carbocycles. The molecule has 0 aliphatic heterocycles. The minimum absolute atomic E-state index is 0.0275. The van der Waals surface area contributed by atoms with E-state index < -0.39 is 0 Å². The first kappa shape index (κ1) is 17.2. The van der Waals surface area contributed by atoms with E-state index in [0.717, 1.165) is 16.7 Å². The van der Waals surface area contributed by atoms with Crippen molar-refractivity contribution in [3.63, 3.8) is 0 Å². The summed E-state index contributed by atoms with van der Waals surface area (Å²) in [6.07, 6.45) is 0. The Morgan fingerprint density at radius 2 is 1.48 bits per heavy atom. The Labute approximate surface area is 166 Å². The highest BCUT2D eigenvalue weighted by Gasteiger charge is 2.13. The first-order valence-electron chi connectivity index (χ1n) is 9.35. The van der Waals surface area contributed by atoms with Gasteiger partial charge in [0.1, 0.15) is 6.54 Å². The maximum Gasteiger partial charge on any atom is 0.320 e. The lowest BCUT2D eigenvalue weighted by molar-refractivity contribution is 0.497. The Morgan fingerprint density at radius 3 is 2.14 bits per heavy atom. The highest BCUT2D eigenvalue weighted by Crippen LogP contribution is 2.22. The van der Waals surface area contributed by atoms with Crippen LogP contribution in [0.15, 0.2) is 82.0 Å². The number of pyridine rings is 1. The smallest absolute Gasteiger partial charge is 0.320 e. The van der Waals surface area contributed by atoms with Gasteiger partial charge < -0.3 is 14.3 Å². The van der Waals surface area contributed by atoms with Gasteiger partial charge in [-0.1, -0.05) is 47.1 Å². The zero-order valence-electron chi connectivity index (χ0n) is 15.8. The Morgan fingerprint density at radius 1 is 0.862 bits per heavy atom. The zero-order chi connectivity index (χ0) is 19.8. The number of rotatable bonds is 4. The van der Waals surface area contributed by atoms with E-state index in [-0.39, 0.29) is 5.43 Å². The van der Waals surface area contributed by atoms with Crippen molar-refractivity contribution >= 4 is 33.5 Å². The van der Waals surface area contributed by atoms with Crippen molar-refractivity contribution in [2.24, 2.45) is 0 Å². The summed E-state index contributed by atoms with van der Waals surface area (Å²) in [5.41, 5.74) is 3.76. The van der Waals surface area contributed by atoms with E-state index in [1.54, 1.807) is 0 Å². The Hall–Kier alpha value is -3.93. The van der Waals surface area contributed by atoms with Gasteiger partial charge in [0.15, 0.2) is 5.43 Å². The molecule has 6 heteroatoms. The average molecular weight is 382 g/mol. The van der Waals surface area contributed by atoms with E-state index >= 15 is 0 Å². The summed E-state index contributed by atoms with van der Waals surface area (Å²) in [7, 11) is 0. The summed E-state index contributed by atoms with van der Waals surface area (Å²) in [5.74, 6) is 0.457. The largest absolute Gasteiger partial charge is 0.406 e. The molecule has 2 heterocycles. The van der Waals surface area contributed by atoms with Crippen molar-refractivity contribution < 1.29 is 4.42 Å². The second-order valence-electron chi connectivity index (χ2n) is 6.94. The Kier molecular flexibility index (Phi) is 4.09. The summed E-state index contributed by atoms with van der Waals surface area (Å²) in [6.45, 7) is 2.40. The lowest BCUT2D eigenvalue weighted by Crippen LogP contribution is -2.12. The van der Waals surface area contributed by atoms with Crippen LogP contribution in [0.2, 0.25) is 0 Å². The third kappa shape index (κ3) is 3.14. The molecule has 5 rings (SSSR count). The van der Waals surface area contributed by atoms with Gasteiger partial charge in [-0.25, -0.2) is 0 Å². The monoisotopic (exact) mass is 382 g/mol. The topological polar surface area (TPSA) is 73.0 Å². The number of aryl methyl sites for hydroxylation is 1. The van der Waals surface area contributed by atoms with Crippen LogP contribution in [0, 0.1) is 6.92 Å². The zero-order valence-corrected chi connectivity index (χ0v) is 15.8. The number of hydrogen-bond donors (Lipinski definition) is 1. The molecule has 142 valence electrons. The number of fused-ring (bicyclic) bond motifs is 2. The lowest BCUT2D eigenvalue weighted by Gasteiger charge is -2.13. The molecule has 5 aromatic rings. The molecule has 0 spiro atoms. The molecule has 1 N–H and O–H groups in total. The van der Waals surface area contributed by atoms with E-state index in [1.807, 2.05) is 84.3 Å². The number of anilines is 2. The molecule has 0 saturated carbocycles. The second-order valence-corrected chi connectivity index (χ2v) is 6.94. The van der Waals surface area contributed by atoms with E-state index in [0.29, 0.717) is 29.2 Å². The van der Waals surface area contributed by atoms with Gasteiger partial charge in [-0.05, 0) is 43.3 Å². The standard InChI is InChI=1S/C23H18N4O2/c1-15-10-12-16(13-11-15)24-23-26-25-21(29-23)14-27-19-8-4-2-6-17(19)22(28)18-7-3-5-9-20(18)27/h2-13H,14H2,1H3,(H,24,26). The lowest BCUT2D eigenvalue weighted by atomic mass is 10.1. The van der Waals surface area contributed by atoms with Crippen LogP contribution in [0.25, 0.3) is 21.8 Å². The predicted octanol–water partition coefficient (Wildman–Crippen LogP) is 4.64. The molecule has 2 aromatic heterocycles. The van der Waals surface area contributed by atoms with Crippen molar-refractivity contribution in [1.29, 1.82) is 0 Å². The van der Waals surface area contributed by atoms with Gasteiger partial charge in [0.2, 0.25) is 5.89 Å². The van der Waals surface area contributed by atoms with Crippen LogP contribution in [0.5, 0.6) is 0 Å². The number of benzene rings is 3. The summed E-state index contributed by atoms with van der Waals surface area (Å²) in [4.78, 5) is 12.8. The van der Waals surface area contributed by atoms with Gasteiger partial charge in [0.05, 0.1) is 11.0 Å². The molecule has 0 radical (unpaired) electrons. The van der Waals surface area contributed by atoms with Crippen LogP contribution < -0.4 is 10.7 Å². The van der Waals surface area contributed by atoms with Crippen molar-refractivity contribution in [2.45, 2.75) is 13.5 Å². The summed E-state index contributed by atoms with van der Waals surface area (Å²) >= 11 is 0. The van der Waals surface area contributed by atoms with E-state index in [9.17, 15) is 4.79 Å². The van der Waals surface area contributed by atoms with Crippen LogP contribution in [0.1, 0.15) is 11.5 Å². The number of aromatic nitrogens is 3. The molecule has 0 saturated heterocycles. The first-order chi connectivity index (χ1) is 14.2. The fourth-order valence-electron chi connectivity index (χ4n) is 3.51. The highest BCUT2D eigenvalue weighted by atomic mass is 16.4. The molecule has 0 aliphatic rings. The minimum atomic E-state index is 0.0275. The number of nitrogens with zero attached hydrogens (tertiary/aromatic N) is 3. The van der Waals surface area contributed by atoms with Gasteiger partial charge in [0, 0.05) is 16.5 Å². The molecule has 29 heavy (non-hydrogen) atoms. The van der Waals surface area contributed by atoms with Gasteiger partial charge in [-0.15, -0.1) is 5.10 Å². The first-order valence-corrected chi connectivity index (χ1v) is 9.35. The molecule has 0 unspecified atom stereocenters. The number of nitrogens with one attached hydrogen (secondary N) is 1. The molecule has 0 fully saturated rings. The van der Waals surface area contributed by atoms with Crippen molar-refractivity contribution in [3.8, 4) is 0 Å². The molecule has 0 aliphatic carbocycles. The summed E-state index contributed by atoms with van der Waals surface area (Å²) < 4.78 is 7.85. The van der Waals surface area contributed by atoms with Gasteiger partial charge in [-0.2, -0.15) is 0 Å². The van der Waals surface area contributed by atoms with E-state index in [4.69, 9.17) is 4.42 Å². The van der Waals surface area contributed by atoms with Crippen molar-refractivity contribution in [3.05, 3.63) is 94.5 Å². The van der Waals surface area contributed by atoms with Crippen LogP contribution >= 0.6 is 0 Å². The third-order valence-corrected chi connectivity index (χ3v) is 4.94. The van der Waals surface area contributed by atoms with E-state index in [1.165, 1.54) is 5.56 Å². The van der Waals surface area contributed by atoms with Crippen LogP contribution in [-0.4, -0.2) is 14.8 Å². The number of hydrogen-bond acceptors (Lipinski definition) is 5. The van der Waals surface area contributed by atoms with Gasteiger partial charge in [0.25, 0.3) is 0 Å². The molecular weight excluding hydrogens is 364 g/mol. The van der Waals surface area contributed by atoms with Gasteiger partial charge in [-0.3, -0.25) is 4.79 Å². The molecule has 0 atom stereocenters. The van der Waals surface area contributed by atoms with Crippen LogP contribution in [0.4, 0.5) is 11.7 Å². The Bertz CT molecular complexity index is 1320. The average Bonchev–Trinajstić information content (AvgIpc) is 3.20. The fraction of sp³-hybridized carbons (Fsp3) is 0.0870. The minimum Gasteiger partial charge on any atom is -0.406 e. The third-order valence-electron chi connectivity index (χ3n) is 4.94. The fourth-order valence-corrected chi connectivity index (χ4v) is 3.51. The van der Waals surface area contributed by atoms with Crippen LogP contribution in [0.3, 0.4) is 0 Å². The molecule has 0 amide bonds. The molecule has 6 nitrogen and oxygen atoms in total. The maximum absolute atomic E-state index is 12.8. The maximum atomic E-state index is 12.8. The SMILES string of the molecule is Cc1ccc(Nc2nnc(Cn3c4ccccc4c(=O)c4ccccc43)o2)cc1. The summed E-state index contributed by atoms with van der Waals surface area (Å²) in [5, 5.41) is 12.7. The quantitative estimate of drug-likeness (QED) is 0.459. The van der Waals surface area contributed by atoms with Gasteiger partial charge >= 0.3 is 6.01 Å². The molecule has 0 bridgehead atoms. The van der Waals surface area contributed by atoms with Crippen molar-refractivity contribution in [2.75, 3.05) is 5.32 Å². The predicted molar refractivity (Wildman–Crippen MR) is 114 cm³/mol.